The number of fused-ring (bicyclic) bond motifs is 2. The number of nitrogens with zero attached hydrogens (tertiary/aromatic N) is 2. The number of anilines is 1. The molecular formula is C18H16ClN3O4S. The molecule has 0 fully saturated rings. The Morgan fingerprint density at radius 3 is 3.00 bits per heavy atom. The zero-order valence-electron chi connectivity index (χ0n) is 14.5. The van der Waals surface area contributed by atoms with Crippen molar-refractivity contribution in [2.45, 2.75) is 19.4 Å². The lowest BCUT2D eigenvalue weighted by atomic mass is 10.2. The molecule has 9 heteroatoms. The summed E-state index contributed by atoms with van der Waals surface area (Å²) in [5.74, 6) is 2.44. The Balaban J connectivity index is 1.56. The van der Waals surface area contributed by atoms with Crippen molar-refractivity contribution >= 4 is 44.9 Å². The molecule has 3 aromatic rings. The molecule has 4 rings (SSSR count). The van der Waals surface area contributed by atoms with Gasteiger partial charge in [-0.05, 0) is 23.8 Å². The minimum Gasteiger partial charge on any atom is -0.469 e. The molecule has 0 radical (unpaired) electrons. The number of benzene rings is 1. The predicted molar refractivity (Wildman–Crippen MR) is 103 cm³/mol. The molecule has 0 amide bonds. The van der Waals surface area contributed by atoms with Crippen molar-refractivity contribution in [2.75, 3.05) is 19.2 Å². The Kier molecular flexibility index (Phi) is 5.00. The quantitative estimate of drug-likeness (QED) is 0.624. The van der Waals surface area contributed by atoms with Crippen molar-refractivity contribution in [3.8, 4) is 11.5 Å². The molecule has 1 aromatic carbocycles. The minimum absolute atomic E-state index is 0.225. The highest BCUT2D eigenvalue weighted by atomic mass is 35.5. The molecule has 0 atom stereocenters. The Morgan fingerprint density at radius 1 is 1.30 bits per heavy atom. The molecule has 1 aliphatic heterocycles. The summed E-state index contributed by atoms with van der Waals surface area (Å²) in [4.78, 5) is 21.3. The first-order valence-electron chi connectivity index (χ1n) is 8.27. The van der Waals surface area contributed by atoms with Crippen LogP contribution >= 0.6 is 22.9 Å². The van der Waals surface area contributed by atoms with Crippen LogP contribution in [-0.2, 0) is 22.5 Å². The number of aromatic nitrogens is 2. The van der Waals surface area contributed by atoms with Crippen molar-refractivity contribution in [3.63, 3.8) is 0 Å². The number of thiophene rings is 1. The van der Waals surface area contributed by atoms with Gasteiger partial charge in [0.15, 0.2) is 11.5 Å². The van der Waals surface area contributed by atoms with Gasteiger partial charge in [0.05, 0.1) is 23.3 Å². The normalized spacial score (nSPS) is 12.4. The van der Waals surface area contributed by atoms with Gasteiger partial charge in [0, 0.05) is 13.0 Å². The molecule has 0 unspecified atom stereocenters. The van der Waals surface area contributed by atoms with Gasteiger partial charge in [0.25, 0.3) is 0 Å². The summed E-state index contributed by atoms with van der Waals surface area (Å²) in [7, 11) is 1.36. The van der Waals surface area contributed by atoms with E-state index in [1.54, 1.807) is 0 Å². The summed E-state index contributed by atoms with van der Waals surface area (Å²) >= 11 is 7.54. The highest BCUT2D eigenvalue weighted by Gasteiger charge is 2.15. The van der Waals surface area contributed by atoms with Crippen LogP contribution in [0.5, 0.6) is 11.5 Å². The van der Waals surface area contributed by atoms with E-state index in [9.17, 15) is 4.79 Å². The van der Waals surface area contributed by atoms with E-state index in [2.05, 4.69) is 20.0 Å². The summed E-state index contributed by atoms with van der Waals surface area (Å²) in [5.41, 5.74) is 1.03. The fourth-order valence-corrected chi connectivity index (χ4v) is 3.84. The highest BCUT2D eigenvalue weighted by molar-refractivity contribution is 7.22. The first-order valence-corrected chi connectivity index (χ1v) is 9.47. The SMILES string of the molecule is COC(=O)CCc1nc(NCc2ccc3c(c2)OCO3)c2cc(Cl)sc2n1. The van der Waals surface area contributed by atoms with E-state index in [1.807, 2.05) is 24.3 Å². The molecule has 0 saturated carbocycles. The number of aryl methyl sites for hydroxylation is 1. The van der Waals surface area contributed by atoms with Crippen LogP contribution in [0.4, 0.5) is 5.82 Å². The van der Waals surface area contributed by atoms with E-state index >= 15 is 0 Å². The molecular weight excluding hydrogens is 390 g/mol. The van der Waals surface area contributed by atoms with Crippen LogP contribution in [0.15, 0.2) is 24.3 Å². The van der Waals surface area contributed by atoms with Gasteiger partial charge in [0.2, 0.25) is 6.79 Å². The molecule has 140 valence electrons. The van der Waals surface area contributed by atoms with Crippen molar-refractivity contribution in [2.24, 2.45) is 0 Å². The molecule has 0 bridgehead atoms. The third-order valence-corrected chi connectivity index (χ3v) is 5.24. The van der Waals surface area contributed by atoms with Gasteiger partial charge in [-0.25, -0.2) is 9.97 Å². The summed E-state index contributed by atoms with van der Waals surface area (Å²) in [6, 6.07) is 7.63. The number of halogens is 1. The number of hydrogen-bond donors (Lipinski definition) is 1. The maximum Gasteiger partial charge on any atom is 0.305 e. The second-order valence-corrected chi connectivity index (χ2v) is 7.54. The van der Waals surface area contributed by atoms with E-state index in [-0.39, 0.29) is 19.2 Å². The number of carbonyl (C=O) groups is 1. The van der Waals surface area contributed by atoms with E-state index in [4.69, 9.17) is 21.1 Å². The minimum atomic E-state index is -0.294. The second-order valence-electron chi connectivity index (χ2n) is 5.88. The molecule has 0 saturated heterocycles. The monoisotopic (exact) mass is 405 g/mol. The van der Waals surface area contributed by atoms with Crippen LogP contribution in [-0.4, -0.2) is 29.8 Å². The smallest absolute Gasteiger partial charge is 0.305 e. The van der Waals surface area contributed by atoms with Crippen LogP contribution in [0.2, 0.25) is 4.34 Å². The lowest BCUT2D eigenvalue weighted by molar-refractivity contribution is -0.140. The Hall–Kier alpha value is -2.58. The lowest BCUT2D eigenvalue weighted by Gasteiger charge is -2.09. The van der Waals surface area contributed by atoms with Gasteiger partial charge < -0.3 is 19.5 Å². The number of ether oxygens (including phenoxy) is 3. The van der Waals surface area contributed by atoms with Gasteiger partial charge in [-0.1, -0.05) is 17.7 Å². The molecule has 0 spiro atoms. The maximum absolute atomic E-state index is 11.4. The number of carbonyl (C=O) groups excluding carboxylic acids is 1. The zero-order valence-corrected chi connectivity index (χ0v) is 16.0. The molecule has 3 heterocycles. The number of nitrogens with one attached hydrogen (secondary N) is 1. The Labute approximate surface area is 164 Å². The standard InChI is InChI=1S/C18H16ClN3O4S/c1-24-16(23)5-4-15-21-17(11-7-14(19)27-18(11)22-15)20-8-10-2-3-12-13(6-10)26-9-25-12/h2-3,6-7H,4-5,8-9H2,1H3,(H,20,21,22). The predicted octanol–water partition coefficient (Wildman–Crippen LogP) is 3.79. The second kappa shape index (κ2) is 7.58. The van der Waals surface area contributed by atoms with Crippen LogP contribution in [0.1, 0.15) is 17.8 Å². The molecule has 27 heavy (non-hydrogen) atoms. The van der Waals surface area contributed by atoms with Crippen molar-refractivity contribution in [3.05, 3.63) is 40.0 Å². The van der Waals surface area contributed by atoms with Crippen LogP contribution in [0, 0.1) is 0 Å². The van der Waals surface area contributed by atoms with Gasteiger partial charge in [-0.3, -0.25) is 4.79 Å². The highest BCUT2D eigenvalue weighted by Crippen LogP contribution is 2.34. The molecule has 7 nitrogen and oxygen atoms in total. The van der Waals surface area contributed by atoms with Crippen LogP contribution in [0.25, 0.3) is 10.2 Å². The molecule has 2 aromatic heterocycles. The van der Waals surface area contributed by atoms with Gasteiger partial charge in [-0.15, -0.1) is 11.3 Å². The van der Waals surface area contributed by atoms with Crippen LogP contribution in [0.3, 0.4) is 0 Å². The summed E-state index contributed by atoms with van der Waals surface area (Å²) < 4.78 is 16.1. The third-order valence-electron chi connectivity index (χ3n) is 4.09. The molecule has 1 N–H and O–H groups in total. The topological polar surface area (TPSA) is 82.6 Å². The molecule has 0 aliphatic carbocycles. The lowest BCUT2D eigenvalue weighted by Crippen LogP contribution is -2.07. The van der Waals surface area contributed by atoms with E-state index < -0.39 is 0 Å². The number of rotatable bonds is 6. The Bertz CT molecular complexity index is 1010. The zero-order chi connectivity index (χ0) is 18.8. The number of methoxy groups -OCH3 is 1. The first kappa shape index (κ1) is 17.8. The van der Waals surface area contributed by atoms with E-state index in [0.717, 1.165) is 27.3 Å². The summed E-state index contributed by atoms with van der Waals surface area (Å²) in [5, 5.41) is 4.19. The van der Waals surface area contributed by atoms with Gasteiger partial charge >= 0.3 is 5.97 Å². The average molecular weight is 406 g/mol. The fourth-order valence-electron chi connectivity index (χ4n) is 2.74. The van der Waals surface area contributed by atoms with Gasteiger partial charge in [-0.2, -0.15) is 0 Å². The first-order chi connectivity index (χ1) is 13.1. The van der Waals surface area contributed by atoms with Gasteiger partial charge in [0.1, 0.15) is 16.5 Å². The number of esters is 1. The van der Waals surface area contributed by atoms with E-state index in [0.29, 0.717) is 28.9 Å². The van der Waals surface area contributed by atoms with Crippen molar-refractivity contribution in [1.29, 1.82) is 0 Å². The van der Waals surface area contributed by atoms with Crippen molar-refractivity contribution in [1.82, 2.24) is 9.97 Å². The summed E-state index contributed by atoms with van der Waals surface area (Å²) in [6.45, 7) is 0.794. The third kappa shape index (κ3) is 3.91. The maximum atomic E-state index is 11.4. The molecule has 1 aliphatic rings. The van der Waals surface area contributed by atoms with Crippen LogP contribution < -0.4 is 14.8 Å². The van der Waals surface area contributed by atoms with Crippen molar-refractivity contribution < 1.29 is 19.0 Å². The Morgan fingerprint density at radius 2 is 2.15 bits per heavy atom. The fraction of sp³-hybridized carbons (Fsp3) is 0.278. The summed E-state index contributed by atoms with van der Waals surface area (Å²) in [6.07, 6.45) is 0.625. The number of hydrogen-bond acceptors (Lipinski definition) is 8. The average Bonchev–Trinajstić information content (AvgIpc) is 3.28. The van der Waals surface area contributed by atoms with E-state index in [1.165, 1.54) is 18.4 Å². The largest absolute Gasteiger partial charge is 0.469 e.